The zero-order chi connectivity index (χ0) is 17.0. The lowest BCUT2D eigenvalue weighted by Gasteiger charge is -2.36. The third kappa shape index (κ3) is 2.00. The van der Waals surface area contributed by atoms with E-state index < -0.39 is 0 Å². The van der Waals surface area contributed by atoms with Crippen LogP contribution in [0.5, 0.6) is 0 Å². The number of aryl methyl sites for hydroxylation is 2. The van der Waals surface area contributed by atoms with Gasteiger partial charge in [-0.3, -0.25) is 4.99 Å². The summed E-state index contributed by atoms with van der Waals surface area (Å²) in [5.74, 6) is 0. The summed E-state index contributed by atoms with van der Waals surface area (Å²) in [6.45, 7) is 4.37. The van der Waals surface area contributed by atoms with Gasteiger partial charge in [-0.05, 0) is 47.2 Å². The van der Waals surface area contributed by atoms with Crippen molar-refractivity contribution in [2.24, 2.45) is 4.99 Å². The van der Waals surface area contributed by atoms with E-state index in [-0.39, 0.29) is 12.1 Å². The summed E-state index contributed by atoms with van der Waals surface area (Å²) in [4.78, 5) is 7.32. The predicted molar refractivity (Wildman–Crippen MR) is 104 cm³/mol. The number of hydrogen-bond donors (Lipinski definition) is 0. The van der Waals surface area contributed by atoms with Crippen LogP contribution in [0.3, 0.4) is 0 Å². The number of fused-ring (bicyclic) bond motifs is 6. The lowest BCUT2D eigenvalue weighted by molar-refractivity contribution is 0.603. The van der Waals surface area contributed by atoms with Gasteiger partial charge in [-0.15, -0.1) is 0 Å². The van der Waals surface area contributed by atoms with E-state index in [0.29, 0.717) is 0 Å². The molecule has 2 heteroatoms. The topological polar surface area (TPSA) is 15.6 Å². The quantitative estimate of drug-likeness (QED) is 0.567. The van der Waals surface area contributed by atoms with Crippen molar-refractivity contribution in [3.63, 3.8) is 0 Å². The van der Waals surface area contributed by atoms with Gasteiger partial charge in [-0.2, -0.15) is 0 Å². The second-order valence-corrected chi connectivity index (χ2v) is 6.98. The summed E-state index contributed by atoms with van der Waals surface area (Å²) in [6, 6.07) is 24.4. The molecule has 3 aromatic carbocycles. The molecule has 0 bridgehead atoms. The van der Waals surface area contributed by atoms with Crippen molar-refractivity contribution in [2.75, 3.05) is 4.90 Å². The van der Waals surface area contributed by atoms with Gasteiger partial charge in [0.1, 0.15) is 6.04 Å². The van der Waals surface area contributed by atoms with E-state index in [2.05, 4.69) is 85.5 Å². The number of benzene rings is 3. The van der Waals surface area contributed by atoms with Crippen molar-refractivity contribution < 1.29 is 0 Å². The fraction of sp³-hybridized carbons (Fsp3) is 0.174. The molecule has 2 atom stereocenters. The van der Waals surface area contributed by atoms with Crippen LogP contribution < -0.4 is 4.90 Å². The fourth-order valence-electron chi connectivity index (χ4n) is 4.43. The summed E-state index contributed by atoms with van der Waals surface area (Å²) in [6.07, 6.45) is 2.05. The van der Waals surface area contributed by atoms with Crippen LogP contribution in [-0.2, 0) is 0 Å². The normalized spacial score (nSPS) is 20.2. The molecular weight excluding hydrogens is 304 g/mol. The Balaban J connectivity index is 1.74. The third-order valence-corrected chi connectivity index (χ3v) is 5.50. The Hall–Kier alpha value is -2.87. The van der Waals surface area contributed by atoms with Gasteiger partial charge in [-0.25, -0.2) is 0 Å². The molecule has 1 aliphatic carbocycles. The van der Waals surface area contributed by atoms with Gasteiger partial charge in [0.2, 0.25) is 0 Å². The van der Waals surface area contributed by atoms with Crippen molar-refractivity contribution >= 4 is 12.0 Å². The van der Waals surface area contributed by atoms with Gasteiger partial charge in [0, 0.05) is 5.69 Å². The van der Waals surface area contributed by atoms with Crippen LogP contribution in [0.2, 0.25) is 0 Å². The van der Waals surface area contributed by atoms with Crippen LogP contribution in [-0.4, -0.2) is 6.34 Å². The molecule has 0 N–H and O–H groups in total. The van der Waals surface area contributed by atoms with Crippen LogP contribution in [0.25, 0.3) is 11.1 Å². The monoisotopic (exact) mass is 324 g/mol. The summed E-state index contributed by atoms with van der Waals surface area (Å²) in [5.41, 5.74) is 9.23. The molecule has 0 saturated heterocycles. The van der Waals surface area contributed by atoms with Gasteiger partial charge in [-0.1, -0.05) is 66.7 Å². The van der Waals surface area contributed by atoms with E-state index >= 15 is 0 Å². The SMILES string of the molecule is Cc1cccc(C)c1N1C=NC2c3ccccc3-c3ccccc3C21. The molecule has 25 heavy (non-hydrogen) atoms. The number of rotatable bonds is 1. The van der Waals surface area contributed by atoms with Crippen molar-refractivity contribution in [1.29, 1.82) is 0 Å². The minimum atomic E-state index is 0.158. The highest BCUT2D eigenvalue weighted by Gasteiger charge is 2.40. The molecule has 1 heterocycles. The zero-order valence-corrected chi connectivity index (χ0v) is 14.5. The second kappa shape index (κ2) is 5.32. The summed E-state index contributed by atoms with van der Waals surface area (Å²) in [7, 11) is 0. The number of aliphatic imine (C=N–C) groups is 1. The van der Waals surface area contributed by atoms with Gasteiger partial charge in [0.05, 0.1) is 12.4 Å². The lowest BCUT2D eigenvalue weighted by atomic mass is 9.79. The maximum absolute atomic E-state index is 4.94. The highest BCUT2D eigenvalue weighted by molar-refractivity contribution is 5.89. The highest BCUT2D eigenvalue weighted by atomic mass is 15.3. The number of nitrogens with zero attached hydrogens (tertiary/aromatic N) is 2. The van der Waals surface area contributed by atoms with Gasteiger partial charge < -0.3 is 4.90 Å². The maximum Gasteiger partial charge on any atom is 0.102 e. The molecular formula is C23H20N2. The van der Waals surface area contributed by atoms with Crippen molar-refractivity contribution in [2.45, 2.75) is 25.9 Å². The van der Waals surface area contributed by atoms with Crippen molar-refractivity contribution in [3.8, 4) is 11.1 Å². The first-order chi connectivity index (χ1) is 12.3. The van der Waals surface area contributed by atoms with Crippen molar-refractivity contribution in [1.82, 2.24) is 0 Å². The van der Waals surface area contributed by atoms with E-state index in [4.69, 9.17) is 4.99 Å². The molecule has 5 rings (SSSR count). The third-order valence-electron chi connectivity index (χ3n) is 5.50. The molecule has 2 unspecified atom stereocenters. The van der Waals surface area contributed by atoms with E-state index in [1.807, 2.05) is 6.34 Å². The molecule has 2 nitrogen and oxygen atoms in total. The van der Waals surface area contributed by atoms with E-state index in [9.17, 15) is 0 Å². The van der Waals surface area contributed by atoms with Crippen LogP contribution in [0.1, 0.15) is 34.3 Å². The summed E-state index contributed by atoms with van der Waals surface area (Å²) >= 11 is 0. The Morgan fingerprint density at radius 1 is 0.720 bits per heavy atom. The minimum Gasteiger partial charge on any atom is -0.322 e. The number of hydrogen-bond acceptors (Lipinski definition) is 2. The van der Waals surface area contributed by atoms with Gasteiger partial charge >= 0.3 is 0 Å². The van der Waals surface area contributed by atoms with Crippen LogP contribution >= 0.6 is 0 Å². The average molecular weight is 324 g/mol. The molecule has 0 spiro atoms. The predicted octanol–water partition coefficient (Wildman–Crippen LogP) is 5.61. The molecule has 0 radical (unpaired) electrons. The fourth-order valence-corrected chi connectivity index (χ4v) is 4.43. The van der Waals surface area contributed by atoms with E-state index in [1.54, 1.807) is 0 Å². The first kappa shape index (κ1) is 14.5. The molecule has 0 aromatic heterocycles. The second-order valence-electron chi connectivity index (χ2n) is 6.98. The zero-order valence-electron chi connectivity index (χ0n) is 14.5. The maximum atomic E-state index is 4.94. The van der Waals surface area contributed by atoms with E-state index in [1.165, 1.54) is 39.1 Å². The smallest absolute Gasteiger partial charge is 0.102 e. The molecule has 0 amide bonds. The molecule has 0 saturated carbocycles. The lowest BCUT2D eigenvalue weighted by Crippen LogP contribution is -2.29. The summed E-state index contributed by atoms with van der Waals surface area (Å²) in [5, 5.41) is 0. The average Bonchev–Trinajstić information content (AvgIpc) is 3.07. The van der Waals surface area contributed by atoms with Gasteiger partial charge in [0.15, 0.2) is 0 Å². The first-order valence-corrected chi connectivity index (χ1v) is 8.82. The van der Waals surface area contributed by atoms with Crippen LogP contribution in [0, 0.1) is 13.8 Å². The van der Waals surface area contributed by atoms with Crippen molar-refractivity contribution in [3.05, 3.63) is 89.0 Å². The molecule has 0 fully saturated rings. The van der Waals surface area contributed by atoms with Crippen LogP contribution in [0.4, 0.5) is 5.69 Å². The molecule has 2 aliphatic rings. The Morgan fingerprint density at radius 3 is 2.04 bits per heavy atom. The standard InChI is InChI=1S/C23H20N2/c1-15-8-7-9-16(2)22(15)25-14-24-21-19-12-5-3-10-17(19)18-11-4-6-13-20(18)23(21)25/h3-14,21,23H,1-2H3. The number of para-hydroxylation sites is 1. The number of anilines is 1. The minimum absolute atomic E-state index is 0.158. The Labute approximate surface area is 148 Å². The largest absolute Gasteiger partial charge is 0.322 e. The highest BCUT2D eigenvalue weighted by Crippen LogP contribution is 2.52. The van der Waals surface area contributed by atoms with Crippen LogP contribution in [0.15, 0.2) is 71.7 Å². The first-order valence-electron chi connectivity index (χ1n) is 8.82. The van der Waals surface area contributed by atoms with Gasteiger partial charge in [0.25, 0.3) is 0 Å². The van der Waals surface area contributed by atoms with E-state index in [0.717, 1.165) is 0 Å². The summed E-state index contributed by atoms with van der Waals surface area (Å²) < 4.78 is 0. The molecule has 1 aliphatic heterocycles. The Kier molecular flexibility index (Phi) is 3.08. The molecule has 122 valence electrons. The Bertz CT molecular complexity index is 982. The molecule has 3 aromatic rings. The Morgan fingerprint density at radius 2 is 1.32 bits per heavy atom.